The van der Waals surface area contributed by atoms with E-state index in [1.165, 1.54) is 0 Å². The lowest BCUT2D eigenvalue weighted by atomic mass is 10.2. The van der Waals surface area contributed by atoms with Gasteiger partial charge in [0, 0.05) is 17.4 Å². The van der Waals surface area contributed by atoms with E-state index in [2.05, 4.69) is 20.4 Å². The molecule has 8 nitrogen and oxygen atoms in total. The number of aromatic nitrogens is 4. The number of nitrogens with zero attached hydrogens (tertiary/aromatic N) is 4. The Morgan fingerprint density at radius 1 is 0.939 bits per heavy atom. The van der Waals surface area contributed by atoms with Gasteiger partial charge in [-0.05, 0) is 69.7 Å². The van der Waals surface area contributed by atoms with E-state index in [0.717, 1.165) is 17.0 Å². The van der Waals surface area contributed by atoms with Crippen LogP contribution < -0.4 is 14.8 Å². The second-order valence-corrected chi connectivity index (χ2v) is 7.60. The number of para-hydroxylation sites is 1. The highest BCUT2D eigenvalue weighted by atomic mass is 16.5. The molecule has 0 unspecified atom stereocenters. The lowest BCUT2D eigenvalue weighted by molar-refractivity contribution is -0.118. The van der Waals surface area contributed by atoms with Crippen molar-refractivity contribution in [2.24, 2.45) is 0 Å². The summed E-state index contributed by atoms with van der Waals surface area (Å²) < 4.78 is 13.2. The number of benzene rings is 2. The molecule has 0 aliphatic rings. The Morgan fingerprint density at radius 3 is 2.33 bits per heavy atom. The molecule has 0 saturated carbocycles. The van der Waals surface area contributed by atoms with Gasteiger partial charge in [0.2, 0.25) is 5.88 Å². The first-order valence-electron chi connectivity index (χ1n) is 10.5. The third kappa shape index (κ3) is 5.35. The van der Waals surface area contributed by atoms with Gasteiger partial charge in [0.15, 0.2) is 12.4 Å². The Bertz CT molecular complexity index is 1270. The summed E-state index contributed by atoms with van der Waals surface area (Å²) in [4.78, 5) is 21.0. The summed E-state index contributed by atoms with van der Waals surface area (Å²) in [5, 5.41) is 7.36. The van der Waals surface area contributed by atoms with Gasteiger partial charge in [-0.15, -0.1) is 0 Å². The molecule has 1 amide bonds. The van der Waals surface area contributed by atoms with Gasteiger partial charge in [0.25, 0.3) is 5.91 Å². The number of carbonyl (C=O) groups excluding carboxylic acids is 1. The number of amides is 1. The maximum absolute atomic E-state index is 12.1. The van der Waals surface area contributed by atoms with Crippen molar-refractivity contribution < 1.29 is 14.3 Å². The Kier molecular flexibility index (Phi) is 6.35. The summed E-state index contributed by atoms with van der Waals surface area (Å²) in [6.45, 7) is 7.75. The Balaban J connectivity index is 1.41. The predicted molar refractivity (Wildman–Crippen MR) is 125 cm³/mol. The van der Waals surface area contributed by atoms with Crippen molar-refractivity contribution in [2.45, 2.75) is 27.7 Å². The molecule has 8 heteroatoms. The lowest BCUT2D eigenvalue weighted by Crippen LogP contribution is -2.20. The second kappa shape index (κ2) is 9.52. The maximum Gasteiger partial charge on any atom is 0.262 e. The van der Waals surface area contributed by atoms with Gasteiger partial charge < -0.3 is 14.8 Å². The number of hydrogen-bond acceptors (Lipinski definition) is 6. The second-order valence-electron chi connectivity index (χ2n) is 7.60. The van der Waals surface area contributed by atoms with Crippen molar-refractivity contribution in [1.29, 1.82) is 0 Å². The van der Waals surface area contributed by atoms with E-state index in [4.69, 9.17) is 9.47 Å². The first-order chi connectivity index (χ1) is 15.9. The molecule has 0 aliphatic heterocycles. The summed E-state index contributed by atoms with van der Waals surface area (Å²) in [5.41, 5.74) is 3.74. The normalized spacial score (nSPS) is 10.7. The SMILES string of the molecule is Cc1nc(Oc2ccc(NC(=O)COc3ccccc3)cc2)cc(-n2nc(C)c(C)c2C)n1. The summed E-state index contributed by atoms with van der Waals surface area (Å²) in [6.07, 6.45) is 0. The highest BCUT2D eigenvalue weighted by Crippen LogP contribution is 2.24. The maximum atomic E-state index is 12.1. The van der Waals surface area contributed by atoms with Crippen LogP contribution in [-0.4, -0.2) is 32.3 Å². The predicted octanol–water partition coefficient (Wildman–Crippen LogP) is 4.71. The van der Waals surface area contributed by atoms with Crippen LogP contribution in [0.15, 0.2) is 60.7 Å². The van der Waals surface area contributed by atoms with E-state index >= 15 is 0 Å². The van der Waals surface area contributed by atoms with E-state index in [0.29, 0.717) is 34.7 Å². The van der Waals surface area contributed by atoms with Gasteiger partial charge in [-0.3, -0.25) is 4.79 Å². The molecule has 4 aromatic rings. The number of aryl methyl sites for hydroxylation is 2. The van der Waals surface area contributed by atoms with Crippen LogP contribution in [0.5, 0.6) is 17.4 Å². The topological polar surface area (TPSA) is 91.2 Å². The fourth-order valence-corrected chi connectivity index (χ4v) is 3.22. The van der Waals surface area contributed by atoms with Crippen LogP contribution in [0.1, 0.15) is 22.8 Å². The quantitative estimate of drug-likeness (QED) is 0.445. The largest absolute Gasteiger partial charge is 0.484 e. The van der Waals surface area contributed by atoms with Crippen LogP contribution in [-0.2, 0) is 4.79 Å². The molecular weight excluding hydrogens is 418 g/mol. The number of carbonyl (C=O) groups is 1. The molecule has 0 bridgehead atoms. The zero-order chi connectivity index (χ0) is 23.4. The monoisotopic (exact) mass is 443 g/mol. The van der Waals surface area contributed by atoms with Crippen molar-refractivity contribution in [3.05, 3.63) is 83.4 Å². The van der Waals surface area contributed by atoms with E-state index in [9.17, 15) is 4.79 Å². The van der Waals surface area contributed by atoms with Crippen LogP contribution in [0.2, 0.25) is 0 Å². The average molecular weight is 444 g/mol. The van der Waals surface area contributed by atoms with Gasteiger partial charge >= 0.3 is 0 Å². The van der Waals surface area contributed by atoms with Crippen LogP contribution in [0, 0.1) is 27.7 Å². The molecule has 2 aromatic carbocycles. The number of nitrogens with one attached hydrogen (secondary N) is 1. The van der Waals surface area contributed by atoms with E-state index in [-0.39, 0.29) is 12.5 Å². The molecule has 2 heterocycles. The van der Waals surface area contributed by atoms with Crippen LogP contribution in [0.3, 0.4) is 0 Å². The number of rotatable bonds is 7. The Morgan fingerprint density at radius 2 is 1.67 bits per heavy atom. The minimum absolute atomic E-state index is 0.0724. The molecule has 1 N–H and O–H groups in total. The van der Waals surface area contributed by atoms with Crippen LogP contribution >= 0.6 is 0 Å². The fourth-order valence-electron chi connectivity index (χ4n) is 3.22. The number of ether oxygens (including phenoxy) is 2. The molecule has 4 rings (SSSR count). The standard InChI is InChI=1S/C25H25N5O3/c1-16-17(2)29-30(18(16)3)23-14-25(27-19(4)26-23)33-22-12-10-20(11-13-22)28-24(31)15-32-21-8-6-5-7-9-21/h5-14H,15H2,1-4H3,(H,28,31). The summed E-state index contributed by atoms with van der Waals surface area (Å²) >= 11 is 0. The summed E-state index contributed by atoms with van der Waals surface area (Å²) in [5.74, 6) is 2.62. The third-order valence-electron chi connectivity index (χ3n) is 5.14. The molecule has 0 atom stereocenters. The number of hydrogen-bond donors (Lipinski definition) is 1. The molecule has 0 aliphatic carbocycles. The van der Waals surface area contributed by atoms with Crippen LogP contribution in [0.25, 0.3) is 5.82 Å². The van der Waals surface area contributed by atoms with Gasteiger partial charge in [-0.2, -0.15) is 10.1 Å². The molecule has 0 spiro atoms. The van der Waals surface area contributed by atoms with E-state index in [1.54, 1.807) is 47.1 Å². The van der Waals surface area contributed by atoms with Gasteiger partial charge in [0.05, 0.1) is 5.69 Å². The van der Waals surface area contributed by atoms with Gasteiger partial charge in [-0.25, -0.2) is 9.67 Å². The highest BCUT2D eigenvalue weighted by molar-refractivity contribution is 5.91. The first kappa shape index (κ1) is 22.0. The van der Waals surface area contributed by atoms with Crippen LogP contribution in [0.4, 0.5) is 5.69 Å². The zero-order valence-electron chi connectivity index (χ0n) is 19.0. The average Bonchev–Trinajstić information content (AvgIpc) is 3.07. The molecule has 168 valence electrons. The Labute approximate surface area is 192 Å². The molecular formula is C25H25N5O3. The van der Waals surface area contributed by atoms with Gasteiger partial charge in [0.1, 0.15) is 17.3 Å². The van der Waals surface area contributed by atoms with Gasteiger partial charge in [-0.1, -0.05) is 18.2 Å². The zero-order valence-corrected chi connectivity index (χ0v) is 19.0. The fraction of sp³-hybridized carbons (Fsp3) is 0.200. The molecule has 33 heavy (non-hydrogen) atoms. The van der Waals surface area contributed by atoms with Crippen molar-refractivity contribution in [3.63, 3.8) is 0 Å². The van der Waals surface area contributed by atoms with E-state index in [1.807, 2.05) is 45.9 Å². The van der Waals surface area contributed by atoms with Crippen molar-refractivity contribution in [3.8, 4) is 23.2 Å². The summed E-state index contributed by atoms with van der Waals surface area (Å²) in [6, 6.07) is 18.0. The molecule has 2 aromatic heterocycles. The highest BCUT2D eigenvalue weighted by Gasteiger charge is 2.13. The minimum Gasteiger partial charge on any atom is -0.484 e. The molecule has 0 radical (unpaired) electrons. The smallest absolute Gasteiger partial charge is 0.262 e. The third-order valence-corrected chi connectivity index (χ3v) is 5.14. The minimum atomic E-state index is -0.247. The van der Waals surface area contributed by atoms with Crippen molar-refractivity contribution >= 4 is 11.6 Å². The molecule has 0 fully saturated rings. The van der Waals surface area contributed by atoms with Crippen molar-refractivity contribution in [2.75, 3.05) is 11.9 Å². The summed E-state index contributed by atoms with van der Waals surface area (Å²) in [7, 11) is 0. The van der Waals surface area contributed by atoms with E-state index < -0.39 is 0 Å². The number of anilines is 1. The Hall–Kier alpha value is -4.20. The van der Waals surface area contributed by atoms with Crippen molar-refractivity contribution in [1.82, 2.24) is 19.7 Å². The first-order valence-corrected chi connectivity index (χ1v) is 10.5. The molecule has 0 saturated heterocycles. The lowest BCUT2D eigenvalue weighted by Gasteiger charge is -2.10.